The fourth-order valence-corrected chi connectivity index (χ4v) is 5.93. The molecule has 0 saturated heterocycles. The van der Waals surface area contributed by atoms with Gasteiger partial charge in [-0.15, -0.1) is 11.8 Å². The van der Waals surface area contributed by atoms with Gasteiger partial charge in [-0.25, -0.2) is 18.3 Å². The van der Waals surface area contributed by atoms with Gasteiger partial charge in [0, 0.05) is 30.2 Å². The molecule has 0 fully saturated rings. The van der Waals surface area contributed by atoms with Gasteiger partial charge in [0.2, 0.25) is 5.89 Å². The summed E-state index contributed by atoms with van der Waals surface area (Å²) in [5.41, 5.74) is 2.39. The summed E-state index contributed by atoms with van der Waals surface area (Å²) < 4.78 is 21.2. The van der Waals surface area contributed by atoms with Crippen molar-refractivity contribution in [3.05, 3.63) is 54.4 Å². The predicted octanol–water partition coefficient (Wildman–Crippen LogP) is 5.43. The Kier molecular flexibility index (Phi) is 7.21. The number of nitrogens with zero attached hydrogens (tertiary/aromatic N) is 3. The molecule has 7 nitrogen and oxygen atoms in total. The molecule has 2 heterocycles. The van der Waals surface area contributed by atoms with Crippen molar-refractivity contribution in [1.82, 2.24) is 9.29 Å². The second kappa shape index (κ2) is 10.1. The molecule has 9 heteroatoms. The monoisotopic (exact) mass is 485 g/mol. The van der Waals surface area contributed by atoms with Crippen molar-refractivity contribution in [2.24, 2.45) is 0 Å². The van der Waals surface area contributed by atoms with Crippen LogP contribution in [0.2, 0.25) is 0 Å². The van der Waals surface area contributed by atoms with Gasteiger partial charge in [0.1, 0.15) is 17.2 Å². The Morgan fingerprint density at radius 1 is 1.30 bits per heavy atom. The first-order valence-corrected chi connectivity index (χ1v) is 13.2. The van der Waals surface area contributed by atoms with E-state index in [2.05, 4.69) is 28.9 Å². The highest BCUT2D eigenvalue weighted by molar-refractivity contribution is 7.98. The van der Waals surface area contributed by atoms with E-state index in [1.807, 2.05) is 47.9 Å². The van der Waals surface area contributed by atoms with Gasteiger partial charge in [-0.2, -0.15) is 0 Å². The summed E-state index contributed by atoms with van der Waals surface area (Å²) in [6, 6.07) is 14.1. The number of hydrogen-bond donors (Lipinski definition) is 1. The molecule has 0 saturated carbocycles. The summed E-state index contributed by atoms with van der Waals surface area (Å²) in [6.07, 6.45) is 6.16. The number of oxazole rings is 1. The maximum absolute atomic E-state index is 13.7. The van der Waals surface area contributed by atoms with Gasteiger partial charge in [-0.05, 0) is 36.9 Å². The van der Waals surface area contributed by atoms with Gasteiger partial charge in [0.05, 0.1) is 16.1 Å². The number of carboxylic acid groups (broad SMARTS) is 1. The number of unbranched alkanes of at least 4 members (excludes halogenated alkanes) is 1. The second-order valence-corrected chi connectivity index (χ2v) is 10.3. The van der Waals surface area contributed by atoms with E-state index in [0.717, 1.165) is 41.8 Å². The Morgan fingerprint density at radius 2 is 2.06 bits per heavy atom. The van der Waals surface area contributed by atoms with Crippen molar-refractivity contribution < 1.29 is 18.5 Å². The summed E-state index contributed by atoms with van der Waals surface area (Å²) in [4.78, 5) is 19.2. The van der Waals surface area contributed by atoms with Crippen LogP contribution < -0.4 is 4.90 Å². The molecule has 1 aliphatic heterocycles. The molecule has 0 spiro atoms. The van der Waals surface area contributed by atoms with E-state index in [4.69, 9.17) is 4.42 Å². The lowest BCUT2D eigenvalue weighted by molar-refractivity contribution is 0.0690. The molecule has 0 bridgehead atoms. The highest BCUT2D eigenvalue weighted by Crippen LogP contribution is 2.42. The molecule has 33 heavy (non-hydrogen) atoms. The molecule has 2 aromatic carbocycles. The van der Waals surface area contributed by atoms with Crippen LogP contribution in [-0.2, 0) is 11.0 Å². The van der Waals surface area contributed by atoms with Crippen LogP contribution in [0.15, 0.2) is 62.9 Å². The summed E-state index contributed by atoms with van der Waals surface area (Å²) in [6.45, 7) is 2.88. The number of carbonyl (C=O) groups is 1. The van der Waals surface area contributed by atoms with Crippen LogP contribution in [0.4, 0.5) is 11.4 Å². The summed E-state index contributed by atoms with van der Waals surface area (Å²) >= 11 is 1.51. The maximum atomic E-state index is 13.7. The fourth-order valence-electron chi connectivity index (χ4n) is 4.01. The van der Waals surface area contributed by atoms with Crippen molar-refractivity contribution in [2.45, 2.75) is 42.0 Å². The summed E-state index contributed by atoms with van der Waals surface area (Å²) in [7, 11) is 0.502. The van der Waals surface area contributed by atoms with Crippen LogP contribution in [0.25, 0.3) is 11.5 Å². The zero-order valence-electron chi connectivity index (χ0n) is 18.9. The van der Waals surface area contributed by atoms with Gasteiger partial charge in [-0.1, -0.05) is 38.0 Å². The molecule has 2 unspecified atom stereocenters. The standard InChI is InChI=1S/C24H27N3O4S2/c1-4-5-9-17-14-27(16-10-7-6-8-11-16)20-13-21(32-3)18(12-22(20)33(30)26(17)2)23-25-19(15-31-23)24(28)29/h6-8,10-13,15,17H,4-5,9,14H2,1-3H3,(H,28,29). The van der Waals surface area contributed by atoms with Crippen molar-refractivity contribution in [1.29, 1.82) is 0 Å². The highest BCUT2D eigenvalue weighted by Gasteiger charge is 2.33. The van der Waals surface area contributed by atoms with Gasteiger partial charge in [0.25, 0.3) is 0 Å². The average Bonchev–Trinajstić information content (AvgIpc) is 3.30. The molecule has 1 aromatic heterocycles. The number of thioether (sulfide) groups is 1. The quantitative estimate of drug-likeness (QED) is 0.447. The second-order valence-electron chi connectivity index (χ2n) is 7.90. The molecule has 174 valence electrons. The first-order valence-electron chi connectivity index (χ1n) is 10.8. The third-order valence-electron chi connectivity index (χ3n) is 5.84. The van der Waals surface area contributed by atoms with E-state index in [9.17, 15) is 14.1 Å². The minimum atomic E-state index is -1.40. The van der Waals surface area contributed by atoms with Crippen LogP contribution in [-0.4, -0.2) is 50.5 Å². The number of rotatable bonds is 7. The van der Waals surface area contributed by atoms with Crippen LogP contribution >= 0.6 is 11.8 Å². The Bertz CT molecular complexity index is 1170. The number of likely N-dealkylation sites (N-methyl/N-ethyl adjacent to an activating group) is 1. The number of aromatic carboxylic acids is 1. The van der Waals surface area contributed by atoms with Crippen molar-refractivity contribution in [3.63, 3.8) is 0 Å². The lowest BCUT2D eigenvalue weighted by Gasteiger charge is -2.29. The highest BCUT2D eigenvalue weighted by atomic mass is 32.2. The molecule has 1 N–H and O–H groups in total. The molecular weight excluding hydrogens is 458 g/mol. The Balaban J connectivity index is 1.89. The number of aromatic nitrogens is 1. The number of hydrogen-bond acceptors (Lipinski definition) is 6. The lowest BCUT2D eigenvalue weighted by Crippen LogP contribution is -2.38. The van der Waals surface area contributed by atoms with Gasteiger partial charge < -0.3 is 14.4 Å². The van der Waals surface area contributed by atoms with E-state index in [-0.39, 0.29) is 17.6 Å². The number of para-hydroxylation sites is 1. The Morgan fingerprint density at radius 3 is 2.70 bits per heavy atom. The van der Waals surface area contributed by atoms with Gasteiger partial charge in [0.15, 0.2) is 5.69 Å². The third kappa shape index (κ3) is 4.71. The van der Waals surface area contributed by atoms with E-state index in [1.165, 1.54) is 11.8 Å². The first-order chi connectivity index (χ1) is 15.9. The fraction of sp³-hybridized carbons (Fsp3) is 0.333. The molecule has 0 amide bonds. The Labute approximate surface area is 200 Å². The molecule has 3 aromatic rings. The number of carboxylic acids is 1. The van der Waals surface area contributed by atoms with E-state index in [1.54, 1.807) is 0 Å². The maximum Gasteiger partial charge on any atom is 0.357 e. The normalized spacial score (nSPS) is 18.7. The van der Waals surface area contributed by atoms with E-state index in [0.29, 0.717) is 17.0 Å². The smallest absolute Gasteiger partial charge is 0.357 e. The largest absolute Gasteiger partial charge is 0.476 e. The van der Waals surface area contributed by atoms with Gasteiger partial charge >= 0.3 is 5.97 Å². The number of fused-ring (bicyclic) bond motifs is 1. The van der Waals surface area contributed by atoms with Crippen LogP contribution in [0.5, 0.6) is 0 Å². The Hall–Kier alpha value is -2.62. The molecule has 2 atom stereocenters. The zero-order chi connectivity index (χ0) is 23.5. The minimum Gasteiger partial charge on any atom is -0.476 e. The first kappa shape index (κ1) is 23.5. The summed E-state index contributed by atoms with van der Waals surface area (Å²) in [5.74, 6) is -0.944. The molecule has 0 radical (unpaired) electrons. The molecular formula is C24H27N3O4S2. The minimum absolute atomic E-state index is 0.111. The topological polar surface area (TPSA) is 86.9 Å². The van der Waals surface area contributed by atoms with Crippen molar-refractivity contribution >= 4 is 40.1 Å². The number of benzene rings is 2. The molecule has 0 aliphatic carbocycles. The van der Waals surface area contributed by atoms with E-state index >= 15 is 0 Å². The predicted molar refractivity (Wildman–Crippen MR) is 132 cm³/mol. The zero-order valence-corrected chi connectivity index (χ0v) is 20.5. The SMILES string of the molecule is CCCCC1CN(c2ccccc2)c2cc(SC)c(-c3nc(C(=O)O)co3)cc2S(=O)N1C. The summed E-state index contributed by atoms with van der Waals surface area (Å²) in [5, 5.41) is 9.25. The van der Waals surface area contributed by atoms with Crippen LogP contribution in [0.1, 0.15) is 36.7 Å². The van der Waals surface area contributed by atoms with Gasteiger partial charge in [-0.3, -0.25) is 0 Å². The van der Waals surface area contributed by atoms with E-state index < -0.39 is 17.0 Å². The van der Waals surface area contributed by atoms with Crippen molar-refractivity contribution in [3.8, 4) is 11.5 Å². The van der Waals surface area contributed by atoms with Crippen LogP contribution in [0.3, 0.4) is 0 Å². The molecule has 4 rings (SSSR count). The molecule has 1 aliphatic rings. The number of anilines is 2. The lowest BCUT2D eigenvalue weighted by atomic mass is 10.1. The van der Waals surface area contributed by atoms with Crippen LogP contribution in [0, 0.1) is 0 Å². The average molecular weight is 486 g/mol. The van der Waals surface area contributed by atoms with Crippen molar-refractivity contribution in [2.75, 3.05) is 24.7 Å². The third-order valence-corrected chi connectivity index (χ3v) is 8.14.